The van der Waals surface area contributed by atoms with Crippen LogP contribution in [0.15, 0.2) is 4.99 Å². The highest BCUT2D eigenvalue weighted by Crippen LogP contribution is 2.00. The summed E-state index contributed by atoms with van der Waals surface area (Å²) in [4.78, 5) is 6.75. The Morgan fingerprint density at radius 1 is 1.42 bits per heavy atom. The topological polar surface area (TPSA) is 72.1 Å². The van der Waals surface area contributed by atoms with Crippen molar-refractivity contribution in [3.63, 3.8) is 0 Å². The lowest BCUT2D eigenvalue weighted by molar-refractivity contribution is 0.0373. The van der Waals surface area contributed by atoms with Crippen molar-refractivity contribution in [2.45, 2.75) is 25.8 Å². The number of ether oxygens (including phenoxy) is 2. The van der Waals surface area contributed by atoms with Gasteiger partial charge in [0, 0.05) is 32.8 Å². The maximum absolute atomic E-state index is 5.79. The van der Waals surface area contributed by atoms with Crippen molar-refractivity contribution in [1.82, 2.24) is 10.2 Å². The van der Waals surface area contributed by atoms with Gasteiger partial charge in [0.15, 0.2) is 5.96 Å². The Morgan fingerprint density at radius 3 is 2.84 bits per heavy atom. The first-order valence-corrected chi connectivity index (χ1v) is 7.08. The van der Waals surface area contributed by atoms with E-state index in [9.17, 15) is 0 Å². The summed E-state index contributed by atoms with van der Waals surface area (Å²) in [6, 6.07) is 0.196. The van der Waals surface area contributed by atoms with Crippen molar-refractivity contribution in [3.8, 4) is 0 Å². The molecule has 0 aromatic heterocycles. The first-order chi connectivity index (χ1) is 9.22. The minimum absolute atomic E-state index is 0.196. The number of morpholine rings is 1. The molecular weight excluding hydrogens is 244 g/mol. The summed E-state index contributed by atoms with van der Waals surface area (Å²) in [5.74, 6) is 0.510. The molecule has 1 aliphatic rings. The van der Waals surface area contributed by atoms with Crippen molar-refractivity contribution in [2.75, 3.05) is 53.1 Å². The van der Waals surface area contributed by atoms with E-state index in [1.54, 1.807) is 7.11 Å². The van der Waals surface area contributed by atoms with E-state index in [0.717, 1.165) is 52.2 Å². The standard InChI is InChI=1S/C13H28N4O2/c1-12(11-18-2)16-13(14)15-5-3-4-6-17-7-9-19-10-8-17/h12H,3-11H2,1-2H3,(H3,14,15,16). The van der Waals surface area contributed by atoms with Crippen LogP contribution in [0.5, 0.6) is 0 Å². The fraction of sp³-hybridized carbons (Fsp3) is 0.923. The lowest BCUT2D eigenvalue weighted by Gasteiger charge is -2.26. The van der Waals surface area contributed by atoms with Gasteiger partial charge < -0.3 is 20.5 Å². The molecule has 112 valence electrons. The van der Waals surface area contributed by atoms with E-state index in [1.165, 1.54) is 0 Å². The number of guanidine groups is 1. The quantitative estimate of drug-likeness (QED) is 0.371. The molecule has 0 amide bonds. The molecule has 6 heteroatoms. The monoisotopic (exact) mass is 272 g/mol. The van der Waals surface area contributed by atoms with E-state index in [2.05, 4.69) is 15.2 Å². The van der Waals surface area contributed by atoms with Crippen molar-refractivity contribution in [1.29, 1.82) is 0 Å². The molecule has 0 bridgehead atoms. The number of aliphatic imine (C=N–C) groups is 1. The van der Waals surface area contributed by atoms with Crippen LogP contribution in [0.4, 0.5) is 0 Å². The van der Waals surface area contributed by atoms with Gasteiger partial charge in [0.1, 0.15) is 0 Å². The Balaban J connectivity index is 2.01. The van der Waals surface area contributed by atoms with Crippen LogP contribution in [-0.4, -0.2) is 70.0 Å². The van der Waals surface area contributed by atoms with Crippen molar-refractivity contribution in [3.05, 3.63) is 0 Å². The van der Waals surface area contributed by atoms with Gasteiger partial charge in [-0.25, -0.2) is 0 Å². The number of methoxy groups -OCH3 is 1. The van der Waals surface area contributed by atoms with Crippen molar-refractivity contribution < 1.29 is 9.47 Å². The van der Waals surface area contributed by atoms with E-state index >= 15 is 0 Å². The molecule has 0 aromatic carbocycles. The normalized spacial score (nSPS) is 19.4. The second-order valence-electron chi connectivity index (χ2n) is 4.93. The zero-order chi connectivity index (χ0) is 13.9. The summed E-state index contributed by atoms with van der Waals surface area (Å²) in [6.45, 7) is 8.41. The summed E-state index contributed by atoms with van der Waals surface area (Å²) >= 11 is 0. The van der Waals surface area contributed by atoms with Crippen LogP contribution in [0, 0.1) is 0 Å². The average molecular weight is 272 g/mol. The van der Waals surface area contributed by atoms with Crippen LogP contribution < -0.4 is 11.1 Å². The van der Waals surface area contributed by atoms with Crippen LogP contribution >= 0.6 is 0 Å². The summed E-state index contributed by atoms with van der Waals surface area (Å²) in [5.41, 5.74) is 5.79. The molecule has 1 fully saturated rings. The second-order valence-corrected chi connectivity index (χ2v) is 4.93. The lowest BCUT2D eigenvalue weighted by Crippen LogP contribution is -2.40. The highest BCUT2D eigenvalue weighted by molar-refractivity contribution is 5.78. The zero-order valence-electron chi connectivity index (χ0n) is 12.2. The minimum Gasteiger partial charge on any atom is -0.383 e. The Labute approximate surface area is 116 Å². The summed E-state index contributed by atoms with van der Waals surface area (Å²) in [6.07, 6.45) is 2.23. The summed E-state index contributed by atoms with van der Waals surface area (Å²) in [5, 5.41) is 3.10. The molecular formula is C13H28N4O2. The largest absolute Gasteiger partial charge is 0.383 e. The molecule has 6 nitrogen and oxygen atoms in total. The fourth-order valence-electron chi connectivity index (χ4n) is 2.06. The number of nitrogens with zero attached hydrogens (tertiary/aromatic N) is 2. The third-order valence-corrected chi connectivity index (χ3v) is 3.08. The van der Waals surface area contributed by atoms with Crippen LogP contribution in [-0.2, 0) is 9.47 Å². The maximum Gasteiger partial charge on any atom is 0.188 e. The number of unbranched alkanes of at least 4 members (excludes halogenated alkanes) is 1. The summed E-state index contributed by atoms with van der Waals surface area (Å²) in [7, 11) is 1.68. The highest BCUT2D eigenvalue weighted by atomic mass is 16.5. The Kier molecular flexibility index (Phi) is 8.53. The smallest absolute Gasteiger partial charge is 0.188 e. The Hall–Kier alpha value is -0.850. The number of rotatable bonds is 8. The first kappa shape index (κ1) is 16.2. The van der Waals surface area contributed by atoms with Gasteiger partial charge in [-0.2, -0.15) is 0 Å². The van der Waals surface area contributed by atoms with Crippen LogP contribution in [0.2, 0.25) is 0 Å². The lowest BCUT2D eigenvalue weighted by atomic mass is 10.3. The molecule has 19 heavy (non-hydrogen) atoms. The van der Waals surface area contributed by atoms with Crippen LogP contribution in [0.25, 0.3) is 0 Å². The number of nitrogens with one attached hydrogen (secondary N) is 1. The SMILES string of the molecule is COCC(C)NC(N)=NCCCCN1CCOCC1. The third kappa shape index (κ3) is 8.02. The number of hydrogen-bond donors (Lipinski definition) is 2. The Bertz CT molecular complexity index is 255. The predicted molar refractivity (Wildman–Crippen MR) is 77.5 cm³/mol. The van der Waals surface area contributed by atoms with E-state index in [0.29, 0.717) is 12.6 Å². The second kappa shape index (κ2) is 10.00. The highest BCUT2D eigenvalue weighted by Gasteiger charge is 2.08. The van der Waals surface area contributed by atoms with Gasteiger partial charge in [0.25, 0.3) is 0 Å². The van der Waals surface area contributed by atoms with Gasteiger partial charge in [-0.3, -0.25) is 9.89 Å². The number of nitrogens with two attached hydrogens (primary N) is 1. The molecule has 1 saturated heterocycles. The van der Waals surface area contributed by atoms with E-state index in [-0.39, 0.29) is 6.04 Å². The molecule has 1 unspecified atom stereocenters. The first-order valence-electron chi connectivity index (χ1n) is 7.08. The van der Waals surface area contributed by atoms with E-state index < -0.39 is 0 Å². The molecule has 0 aliphatic carbocycles. The molecule has 0 aromatic rings. The van der Waals surface area contributed by atoms with Gasteiger partial charge in [-0.05, 0) is 26.3 Å². The van der Waals surface area contributed by atoms with Gasteiger partial charge in [-0.15, -0.1) is 0 Å². The van der Waals surface area contributed by atoms with Crippen LogP contribution in [0.1, 0.15) is 19.8 Å². The molecule has 0 spiro atoms. The average Bonchev–Trinajstić information content (AvgIpc) is 2.39. The molecule has 0 radical (unpaired) electrons. The predicted octanol–water partition coefficient (Wildman–Crippen LogP) is 0.0380. The fourth-order valence-corrected chi connectivity index (χ4v) is 2.06. The minimum atomic E-state index is 0.196. The van der Waals surface area contributed by atoms with Crippen LogP contribution in [0.3, 0.4) is 0 Å². The van der Waals surface area contributed by atoms with E-state index in [4.69, 9.17) is 15.2 Å². The molecule has 1 heterocycles. The molecule has 0 saturated carbocycles. The van der Waals surface area contributed by atoms with Crippen molar-refractivity contribution >= 4 is 5.96 Å². The molecule has 3 N–H and O–H groups in total. The molecule has 1 atom stereocenters. The maximum atomic E-state index is 5.79. The van der Waals surface area contributed by atoms with Gasteiger partial charge in [0.2, 0.25) is 0 Å². The number of hydrogen-bond acceptors (Lipinski definition) is 4. The molecule has 1 aliphatic heterocycles. The van der Waals surface area contributed by atoms with Gasteiger partial charge in [-0.1, -0.05) is 0 Å². The van der Waals surface area contributed by atoms with Gasteiger partial charge >= 0.3 is 0 Å². The van der Waals surface area contributed by atoms with Crippen molar-refractivity contribution in [2.24, 2.45) is 10.7 Å². The summed E-state index contributed by atoms with van der Waals surface area (Å²) < 4.78 is 10.3. The third-order valence-electron chi connectivity index (χ3n) is 3.08. The Morgan fingerprint density at radius 2 is 2.16 bits per heavy atom. The van der Waals surface area contributed by atoms with Gasteiger partial charge in [0.05, 0.1) is 19.8 Å². The van der Waals surface area contributed by atoms with E-state index in [1.807, 2.05) is 6.92 Å². The molecule has 1 rings (SSSR count). The zero-order valence-corrected chi connectivity index (χ0v) is 12.2.